The summed E-state index contributed by atoms with van der Waals surface area (Å²) in [5.74, 6) is 2.27. The van der Waals surface area contributed by atoms with Gasteiger partial charge in [0.15, 0.2) is 0 Å². The minimum atomic E-state index is 0.889. The van der Waals surface area contributed by atoms with Crippen molar-refractivity contribution in [3.05, 3.63) is 0 Å². The molecule has 2 aliphatic carbocycles. The van der Waals surface area contributed by atoms with Crippen molar-refractivity contribution in [1.29, 1.82) is 0 Å². The second kappa shape index (κ2) is 0.860. The third-order valence-electron chi connectivity index (χ3n) is 3.51. The van der Waals surface area contributed by atoms with Crippen LogP contribution in [0, 0.1) is 17.3 Å². The maximum absolute atomic E-state index is 3.47. The molecule has 3 atom stereocenters. The topological polar surface area (TPSA) is 12.0 Å². The van der Waals surface area contributed by atoms with E-state index >= 15 is 0 Å². The molecule has 0 amide bonds. The molecule has 1 spiro atoms. The molecule has 1 saturated heterocycles. The zero-order valence-corrected chi connectivity index (χ0v) is 4.98. The second-order valence-corrected chi connectivity index (χ2v) is 3.70. The van der Waals surface area contributed by atoms with E-state index in [1.165, 1.54) is 19.0 Å². The molecule has 3 unspecified atom stereocenters. The van der Waals surface area contributed by atoms with Crippen molar-refractivity contribution < 1.29 is 0 Å². The molecule has 1 N–H and O–H groups in total. The standard InChI is InChI=1S/C7H11N/c1-5-2-7(5)4-8-3-6(1)7/h5-6,8H,1-4H2. The van der Waals surface area contributed by atoms with E-state index in [2.05, 4.69) is 5.32 Å². The molecule has 1 nitrogen and oxygen atoms in total. The first-order valence-corrected chi connectivity index (χ1v) is 3.62. The van der Waals surface area contributed by atoms with Crippen LogP contribution in [0.15, 0.2) is 0 Å². The van der Waals surface area contributed by atoms with Crippen LogP contribution in [0.4, 0.5) is 0 Å². The summed E-state index contributed by atoms with van der Waals surface area (Å²) in [6, 6.07) is 0. The van der Waals surface area contributed by atoms with Crippen molar-refractivity contribution in [2.24, 2.45) is 17.3 Å². The molecule has 1 aliphatic heterocycles. The Hall–Kier alpha value is -0.0400. The van der Waals surface area contributed by atoms with Crippen molar-refractivity contribution in [2.75, 3.05) is 13.1 Å². The third kappa shape index (κ3) is 0.218. The summed E-state index contributed by atoms with van der Waals surface area (Å²) in [6.07, 6.45) is 3.11. The lowest BCUT2D eigenvalue weighted by molar-refractivity contribution is 0.224. The van der Waals surface area contributed by atoms with Gasteiger partial charge in [-0.25, -0.2) is 0 Å². The smallest absolute Gasteiger partial charge is 0.00138 e. The average molecular weight is 109 g/mol. The maximum atomic E-state index is 3.47. The van der Waals surface area contributed by atoms with E-state index in [1.807, 2.05) is 0 Å². The van der Waals surface area contributed by atoms with Crippen LogP contribution in [-0.4, -0.2) is 13.1 Å². The zero-order chi connectivity index (χ0) is 5.19. The highest BCUT2D eigenvalue weighted by molar-refractivity contribution is 5.20. The first kappa shape index (κ1) is 3.89. The Balaban J connectivity index is 2.01. The molecular formula is C7H11N. The summed E-state index contributed by atoms with van der Waals surface area (Å²) in [5, 5.41) is 3.47. The van der Waals surface area contributed by atoms with Crippen LogP contribution in [0.5, 0.6) is 0 Å². The summed E-state index contributed by atoms with van der Waals surface area (Å²) < 4.78 is 0. The van der Waals surface area contributed by atoms with Gasteiger partial charge in [0.05, 0.1) is 0 Å². The fourth-order valence-electron chi connectivity index (χ4n) is 2.76. The molecule has 44 valence electrons. The molecule has 3 aliphatic rings. The number of hydrogen-bond donors (Lipinski definition) is 1. The van der Waals surface area contributed by atoms with E-state index in [9.17, 15) is 0 Å². The van der Waals surface area contributed by atoms with Crippen LogP contribution >= 0.6 is 0 Å². The lowest BCUT2D eigenvalue weighted by Crippen LogP contribution is -2.26. The van der Waals surface area contributed by atoms with Gasteiger partial charge in [-0.15, -0.1) is 0 Å². The Labute approximate surface area is 49.5 Å². The number of hydrogen-bond acceptors (Lipinski definition) is 1. The van der Waals surface area contributed by atoms with Crippen LogP contribution in [0.25, 0.3) is 0 Å². The van der Waals surface area contributed by atoms with Crippen molar-refractivity contribution in [2.45, 2.75) is 12.8 Å². The quantitative estimate of drug-likeness (QED) is 0.480. The minimum Gasteiger partial charge on any atom is -0.316 e. The first-order valence-electron chi connectivity index (χ1n) is 3.62. The van der Waals surface area contributed by atoms with Gasteiger partial charge in [-0.1, -0.05) is 0 Å². The van der Waals surface area contributed by atoms with Gasteiger partial charge in [0.2, 0.25) is 0 Å². The fraction of sp³-hybridized carbons (Fsp3) is 1.00. The summed E-state index contributed by atoms with van der Waals surface area (Å²) >= 11 is 0. The van der Waals surface area contributed by atoms with Gasteiger partial charge < -0.3 is 5.32 Å². The van der Waals surface area contributed by atoms with E-state index < -0.39 is 0 Å². The molecule has 0 aromatic carbocycles. The molecule has 0 bridgehead atoms. The highest BCUT2D eigenvalue weighted by atomic mass is 15.0. The average Bonchev–Trinajstić information content (AvgIpc) is 1.98. The van der Waals surface area contributed by atoms with Crippen LogP contribution in [0.1, 0.15) is 12.8 Å². The molecular weight excluding hydrogens is 98.1 g/mol. The van der Waals surface area contributed by atoms with Crippen LogP contribution in [0.2, 0.25) is 0 Å². The molecule has 1 heterocycles. The molecule has 8 heavy (non-hydrogen) atoms. The van der Waals surface area contributed by atoms with E-state index in [-0.39, 0.29) is 0 Å². The lowest BCUT2D eigenvalue weighted by atomic mass is 9.76. The van der Waals surface area contributed by atoms with Crippen molar-refractivity contribution in [3.8, 4) is 0 Å². The van der Waals surface area contributed by atoms with Gasteiger partial charge in [0, 0.05) is 6.54 Å². The Morgan fingerprint density at radius 1 is 1.38 bits per heavy atom. The zero-order valence-electron chi connectivity index (χ0n) is 4.98. The summed E-state index contributed by atoms with van der Waals surface area (Å²) in [7, 11) is 0. The number of nitrogens with one attached hydrogen (secondary N) is 1. The van der Waals surface area contributed by atoms with Gasteiger partial charge in [0.1, 0.15) is 0 Å². The Kier molecular flexibility index (Phi) is 0.418. The van der Waals surface area contributed by atoms with E-state index in [1.54, 1.807) is 12.8 Å². The van der Waals surface area contributed by atoms with E-state index in [4.69, 9.17) is 0 Å². The van der Waals surface area contributed by atoms with Crippen molar-refractivity contribution in [1.82, 2.24) is 5.32 Å². The van der Waals surface area contributed by atoms with Crippen LogP contribution < -0.4 is 5.32 Å². The normalized spacial score (nSPS) is 66.0. The summed E-state index contributed by atoms with van der Waals surface area (Å²) in [4.78, 5) is 0. The number of rotatable bonds is 0. The molecule has 0 aromatic rings. The van der Waals surface area contributed by atoms with Gasteiger partial charge in [0.25, 0.3) is 0 Å². The fourth-order valence-corrected chi connectivity index (χ4v) is 2.76. The predicted molar refractivity (Wildman–Crippen MR) is 31.5 cm³/mol. The molecule has 1 heteroatoms. The molecule has 2 saturated carbocycles. The Morgan fingerprint density at radius 2 is 2.38 bits per heavy atom. The van der Waals surface area contributed by atoms with Gasteiger partial charge in [-0.05, 0) is 36.6 Å². The van der Waals surface area contributed by atoms with Crippen LogP contribution in [-0.2, 0) is 0 Å². The molecule has 3 rings (SSSR count). The molecule has 0 radical (unpaired) electrons. The second-order valence-electron chi connectivity index (χ2n) is 3.70. The highest BCUT2D eigenvalue weighted by Crippen LogP contribution is 2.72. The lowest BCUT2D eigenvalue weighted by Gasteiger charge is -2.27. The molecule has 3 fully saturated rings. The largest absolute Gasteiger partial charge is 0.316 e. The van der Waals surface area contributed by atoms with Gasteiger partial charge in [-0.2, -0.15) is 0 Å². The monoisotopic (exact) mass is 109 g/mol. The van der Waals surface area contributed by atoms with Crippen LogP contribution in [0.3, 0.4) is 0 Å². The summed E-state index contributed by atoms with van der Waals surface area (Å²) in [6.45, 7) is 2.68. The SMILES string of the molecule is C1NCC23CC2CC13. The van der Waals surface area contributed by atoms with Gasteiger partial charge >= 0.3 is 0 Å². The Bertz CT molecular complexity index is 139. The Morgan fingerprint density at radius 3 is 2.88 bits per heavy atom. The van der Waals surface area contributed by atoms with Crippen molar-refractivity contribution >= 4 is 0 Å². The molecule has 0 aromatic heterocycles. The first-order chi connectivity index (χ1) is 3.92. The van der Waals surface area contributed by atoms with Gasteiger partial charge in [-0.3, -0.25) is 0 Å². The highest BCUT2D eigenvalue weighted by Gasteiger charge is 2.68. The summed E-state index contributed by atoms with van der Waals surface area (Å²) in [5.41, 5.74) is 0.889. The third-order valence-corrected chi connectivity index (χ3v) is 3.51. The minimum absolute atomic E-state index is 0.889. The maximum Gasteiger partial charge on any atom is 0.00138 e. The van der Waals surface area contributed by atoms with E-state index in [0.717, 1.165) is 11.3 Å². The predicted octanol–water partition coefficient (Wildman–Crippen LogP) is 0.616. The van der Waals surface area contributed by atoms with Crippen molar-refractivity contribution in [3.63, 3.8) is 0 Å². The van der Waals surface area contributed by atoms with E-state index in [0.29, 0.717) is 0 Å².